The second-order valence-electron chi connectivity index (χ2n) is 3.71. The van der Waals surface area contributed by atoms with Gasteiger partial charge in [0.1, 0.15) is 4.88 Å². The summed E-state index contributed by atoms with van der Waals surface area (Å²) in [4.78, 5) is 16.2. The number of nitrogens with one attached hydrogen (secondary N) is 1. The van der Waals surface area contributed by atoms with Crippen LogP contribution in [0.5, 0.6) is 0 Å². The second-order valence-corrected chi connectivity index (χ2v) is 7.44. The van der Waals surface area contributed by atoms with Gasteiger partial charge in [0, 0.05) is 10.7 Å². The molecule has 19 heavy (non-hydrogen) atoms. The van der Waals surface area contributed by atoms with E-state index in [9.17, 15) is 13.2 Å². The quantitative estimate of drug-likeness (QED) is 0.912. The van der Waals surface area contributed by atoms with E-state index in [1.165, 1.54) is 29.7 Å². The van der Waals surface area contributed by atoms with Crippen molar-refractivity contribution >= 4 is 48.7 Å². The van der Waals surface area contributed by atoms with Crippen LogP contribution in [0.15, 0.2) is 39.3 Å². The van der Waals surface area contributed by atoms with Gasteiger partial charge in [-0.25, -0.2) is 13.4 Å². The molecule has 0 aliphatic heterocycles. The van der Waals surface area contributed by atoms with Crippen molar-refractivity contribution in [2.75, 3.05) is 11.6 Å². The maximum atomic E-state index is 11.9. The van der Waals surface area contributed by atoms with E-state index in [1.54, 1.807) is 11.4 Å². The van der Waals surface area contributed by atoms with Gasteiger partial charge in [-0.15, -0.1) is 11.3 Å². The summed E-state index contributed by atoms with van der Waals surface area (Å²) >= 11 is 4.58. The summed E-state index contributed by atoms with van der Waals surface area (Å²) in [6.45, 7) is 0. The number of thiophene rings is 1. The molecule has 0 aliphatic rings. The lowest BCUT2D eigenvalue weighted by atomic mass is 10.4. The molecule has 2 rings (SSSR count). The van der Waals surface area contributed by atoms with Gasteiger partial charge in [-0.3, -0.25) is 4.79 Å². The minimum Gasteiger partial charge on any atom is -0.320 e. The largest absolute Gasteiger partial charge is 0.320 e. The molecule has 2 aromatic rings. The van der Waals surface area contributed by atoms with Gasteiger partial charge >= 0.3 is 0 Å². The van der Waals surface area contributed by atoms with Gasteiger partial charge in [-0.1, -0.05) is 0 Å². The van der Waals surface area contributed by atoms with Crippen molar-refractivity contribution in [3.63, 3.8) is 0 Å². The van der Waals surface area contributed by atoms with E-state index < -0.39 is 9.84 Å². The molecule has 0 spiro atoms. The Hall–Kier alpha value is -1.25. The van der Waals surface area contributed by atoms with Crippen molar-refractivity contribution in [1.82, 2.24) is 4.98 Å². The van der Waals surface area contributed by atoms with Crippen LogP contribution in [0.25, 0.3) is 0 Å². The highest BCUT2D eigenvalue weighted by atomic mass is 79.9. The molecule has 0 saturated carbocycles. The third-order valence-electron chi connectivity index (χ3n) is 2.20. The molecule has 0 fully saturated rings. The lowest BCUT2D eigenvalue weighted by Crippen LogP contribution is -2.11. The number of nitrogens with zero attached hydrogens (tertiary/aromatic N) is 1. The van der Waals surface area contributed by atoms with Crippen LogP contribution in [-0.2, 0) is 9.84 Å². The minimum absolute atomic E-state index is 0.0252. The monoisotopic (exact) mass is 360 g/mol. The third kappa shape index (κ3) is 3.40. The minimum atomic E-state index is -3.33. The summed E-state index contributed by atoms with van der Waals surface area (Å²) in [5.74, 6) is -0.268. The van der Waals surface area contributed by atoms with E-state index in [-0.39, 0.29) is 10.9 Å². The molecule has 0 aliphatic carbocycles. The Balaban J connectivity index is 2.17. The van der Waals surface area contributed by atoms with E-state index in [0.29, 0.717) is 10.6 Å². The Kier molecular flexibility index (Phi) is 4.02. The predicted octanol–water partition coefficient (Wildman–Crippen LogP) is 2.56. The van der Waals surface area contributed by atoms with E-state index in [2.05, 4.69) is 26.2 Å². The number of halogens is 1. The summed E-state index contributed by atoms with van der Waals surface area (Å²) in [7, 11) is -3.33. The van der Waals surface area contributed by atoms with Crippen LogP contribution in [0.3, 0.4) is 0 Å². The fraction of sp³-hybridized carbons (Fsp3) is 0.0909. The van der Waals surface area contributed by atoms with Crippen molar-refractivity contribution in [3.05, 3.63) is 39.1 Å². The molecule has 0 saturated heterocycles. The first-order chi connectivity index (χ1) is 8.88. The number of hydrogen-bond acceptors (Lipinski definition) is 5. The van der Waals surface area contributed by atoms with E-state index in [1.807, 2.05) is 0 Å². The normalized spacial score (nSPS) is 11.3. The fourth-order valence-corrected chi connectivity index (χ4v) is 3.32. The Morgan fingerprint density at radius 2 is 2.11 bits per heavy atom. The zero-order valence-corrected chi connectivity index (χ0v) is 13.0. The van der Waals surface area contributed by atoms with Gasteiger partial charge in [-0.05, 0) is 39.5 Å². The highest BCUT2D eigenvalue weighted by Crippen LogP contribution is 2.23. The van der Waals surface area contributed by atoms with Gasteiger partial charge in [0.2, 0.25) is 0 Å². The zero-order chi connectivity index (χ0) is 14.0. The first-order valence-corrected chi connectivity index (χ1v) is 8.65. The molecular formula is C11H9BrN2O3S2. The number of carbonyl (C=O) groups is 1. The lowest BCUT2D eigenvalue weighted by molar-refractivity contribution is 0.103. The van der Waals surface area contributed by atoms with Gasteiger partial charge in [0.15, 0.2) is 14.9 Å². The topological polar surface area (TPSA) is 76.1 Å². The van der Waals surface area contributed by atoms with Crippen LogP contribution >= 0.6 is 27.3 Å². The molecule has 5 nitrogen and oxygen atoms in total. The van der Waals surface area contributed by atoms with Crippen LogP contribution in [0, 0.1) is 0 Å². The van der Waals surface area contributed by atoms with Gasteiger partial charge in [0.05, 0.1) is 11.9 Å². The molecule has 2 aromatic heterocycles. The van der Waals surface area contributed by atoms with Gasteiger partial charge in [0.25, 0.3) is 5.91 Å². The van der Waals surface area contributed by atoms with Crippen LogP contribution in [0.2, 0.25) is 0 Å². The van der Waals surface area contributed by atoms with Gasteiger partial charge < -0.3 is 5.32 Å². The van der Waals surface area contributed by atoms with Crippen molar-refractivity contribution in [2.24, 2.45) is 0 Å². The number of aromatic nitrogens is 1. The van der Waals surface area contributed by atoms with Crippen molar-refractivity contribution in [1.29, 1.82) is 0 Å². The third-order valence-corrected chi connectivity index (χ3v) is 5.04. The Morgan fingerprint density at radius 1 is 1.37 bits per heavy atom. The Morgan fingerprint density at radius 3 is 2.58 bits per heavy atom. The second kappa shape index (κ2) is 5.40. The standard InChI is InChI=1S/C11H9BrN2O3S2/c1-19(16,17)9-3-2-7(6-13-9)14-11(15)10-8(12)4-5-18-10/h2-6H,1H3,(H,14,15). The fourth-order valence-electron chi connectivity index (χ4n) is 1.32. The Bertz CT molecular complexity index is 708. The summed E-state index contributed by atoms with van der Waals surface area (Å²) < 4.78 is 23.2. The van der Waals surface area contributed by atoms with Crippen molar-refractivity contribution < 1.29 is 13.2 Å². The van der Waals surface area contributed by atoms with Crippen LogP contribution in [0.4, 0.5) is 5.69 Å². The van der Waals surface area contributed by atoms with Crippen molar-refractivity contribution in [3.8, 4) is 0 Å². The first kappa shape index (κ1) is 14.2. The molecule has 1 amide bonds. The SMILES string of the molecule is CS(=O)(=O)c1ccc(NC(=O)c2sccc2Br)cn1. The summed E-state index contributed by atoms with van der Waals surface area (Å²) in [6, 6.07) is 4.64. The number of amides is 1. The van der Waals surface area contributed by atoms with Crippen LogP contribution < -0.4 is 5.32 Å². The van der Waals surface area contributed by atoms with E-state index >= 15 is 0 Å². The number of carbonyl (C=O) groups excluding carboxylic acids is 1. The number of anilines is 1. The molecule has 2 heterocycles. The Labute approximate surface area is 122 Å². The summed E-state index contributed by atoms with van der Waals surface area (Å²) in [6.07, 6.45) is 2.39. The lowest BCUT2D eigenvalue weighted by Gasteiger charge is -2.04. The molecule has 0 radical (unpaired) electrons. The predicted molar refractivity (Wildman–Crippen MR) is 77.3 cm³/mol. The summed E-state index contributed by atoms with van der Waals surface area (Å²) in [5.41, 5.74) is 0.442. The maximum Gasteiger partial charge on any atom is 0.266 e. The highest BCUT2D eigenvalue weighted by Gasteiger charge is 2.13. The first-order valence-electron chi connectivity index (χ1n) is 5.08. The molecule has 0 unspecified atom stereocenters. The smallest absolute Gasteiger partial charge is 0.266 e. The average Bonchev–Trinajstić information content (AvgIpc) is 2.75. The number of sulfone groups is 1. The molecule has 100 valence electrons. The molecule has 0 aromatic carbocycles. The maximum absolute atomic E-state index is 11.9. The summed E-state index contributed by atoms with van der Waals surface area (Å²) in [5, 5.41) is 4.42. The van der Waals surface area contributed by atoms with Crippen molar-refractivity contribution in [2.45, 2.75) is 5.03 Å². The zero-order valence-electron chi connectivity index (χ0n) is 9.75. The molecular weight excluding hydrogens is 352 g/mol. The van der Waals surface area contributed by atoms with E-state index in [0.717, 1.165) is 10.7 Å². The number of hydrogen-bond donors (Lipinski definition) is 1. The molecule has 8 heteroatoms. The highest BCUT2D eigenvalue weighted by molar-refractivity contribution is 9.10. The molecule has 0 atom stereocenters. The number of rotatable bonds is 3. The van der Waals surface area contributed by atoms with E-state index in [4.69, 9.17) is 0 Å². The van der Waals surface area contributed by atoms with Crippen LogP contribution in [0.1, 0.15) is 9.67 Å². The van der Waals surface area contributed by atoms with Crippen LogP contribution in [-0.4, -0.2) is 25.6 Å². The molecule has 1 N–H and O–H groups in total. The average molecular weight is 361 g/mol. The number of pyridine rings is 1. The van der Waals surface area contributed by atoms with Gasteiger partial charge in [-0.2, -0.15) is 0 Å². The molecule has 0 bridgehead atoms.